The van der Waals surface area contributed by atoms with Gasteiger partial charge in [-0.25, -0.2) is 0 Å². The van der Waals surface area contributed by atoms with Gasteiger partial charge in [-0.15, -0.1) is 0 Å². The van der Waals surface area contributed by atoms with E-state index in [2.05, 4.69) is 5.32 Å². The number of carbonyl (C=O) groups is 3. The van der Waals surface area contributed by atoms with Crippen LogP contribution in [0.25, 0.3) is 6.08 Å². The first kappa shape index (κ1) is 21.2. The Morgan fingerprint density at radius 3 is 2.71 bits per heavy atom. The molecule has 1 fully saturated rings. The molecule has 1 aromatic rings. The Hall–Kier alpha value is -3.12. The van der Waals surface area contributed by atoms with Gasteiger partial charge in [0.05, 0.1) is 23.5 Å². The number of nitrogens with zero attached hydrogens (tertiary/aromatic N) is 2. The Balaban J connectivity index is 2.22. The molecule has 28 heavy (non-hydrogen) atoms. The van der Waals surface area contributed by atoms with Crippen molar-refractivity contribution in [2.24, 2.45) is 0 Å². The van der Waals surface area contributed by atoms with Gasteiger partial charge in [0.2, 0.25) is 11.7 Å². The van der Waals surface area contributed by atoms with Crippen LogP contribution in [0.4, 0.5) is 10.5 Å². The Labute approximate surface area is 163 Å². The van der Waals surface area contributed by atoms with Gasteiger partial charge in [0.1, 0.15) is 6.54 Å². The predicted octanol–water partition coefficient (Wildman–Crippen LogP) is 1.11. The summed E-state index contributed by atoms with van der Waals surface area (Å²) in [4.78, 5) is 47.3. The highest BCUT2D eigenvalue weighted by atomic mass is 32.2. The predicted molar refractivity (Wildman–Crippen MR) is 98.9 cm³/mol. The Kier molecular flexibility index (Phi) is 6.95. The third-order valence-electron chi connectivity index (χ3n) is 3.60. The molecule has 0 unspecified atom stereocenters. The van der Waals surface area contributed by atoms with E-state index < -0.39 is 40.0 Å². The first-order valence-electron chi connectivity index (χ1n) is 7.84. The molecule has 0 aliphatic carbocycles. The van der Waals surface area contributed by atoms with Crippen molar-refractivity contribution in [1.82, 2.24) is 10.2 Å². The highest BCUT2D eigenvalue weighted by molar-refractivity contribution is 8.18. The number of phenols is 1. The molecule has 1 heterocycles. The third kappa shape index (κ3) is 4.78. The lowest BCUT2D eigenvalue weighted by molar-refractivity contribution is -0.386. The number of aromatic hydroxyl groups is 1. The number of thioether (sulfide) groups is 1. The van der Waals surface area contributed by atoms with Crippen molar-refractivity contribution in [3.63, 3.8) is 0 Å². The lowest BCUT2D eigenvalue weighted by Crippen LogP contribution is -2.40. The van der Waals surface area contributed by atoms with E-state index in [4.69, 9.17) is 9.47 Å². The maximum atomic E-state index is 12.4. The summed E-state index contributed by atoms with van der Waals surface area (Å²) in [5.74, 6) is -2.03. The van der Waals surface area contributed by atoms with E-state index in [9.17, 15) is 29.6 Å². The highest BCUT2D eigenvalue weighted by Gasteiger charge is 2.36. The average molecular weight is 411 g/mol. The first-order valence-corrected chi connectivity index (χ1v) is 8.66. The smallest absolute Gasteiger partial charge is 0.315 e. The van der Waals surface area contributed by atoms with Crippen molar-refractivity contribution in [2.75, 3.05) is 33.9 Å². The molecular formula is C16H17N3O8S. The fraction of sp³-hybridized carbons (Fsp3) is 0.312. The number of benzene rings is 1. The van der Waals surface area contributed by atoms with Crippen LogP contribution in [-0.2, 0) is 14.3 Å². The molecule has 0 radical (unpaired) electrons. The first-order chi connectivity index (χ1) is 13.3. The molecule has 150 valence electrons. The number of amides is 3. The topological polar surface area (TPSA) is 148 Å². The molecule has 1 aliphatic heterocycles. The molecule has 0 atom stereocenters. The van der Waals surface area contributed by atoms with Gasteiger partial charge in [0.25, 0.3) is 11.1 Å². The minimum atomic E-state index is -0.800. The molecule has 11 nitrogen and oxygen atoms in total. The normalized spacial score (nSPS) is 15.2. The van der Waals surface area contributed by atoms with Crippen LogP contribution < -0.4 is 10.1 Å². The molecule has 0 aromatic heterocycles. The molecule has 0 spiro atoms. The van der Waals surface area contributed by atoms with Crippen molar-refractivity contribution in [2.45, 2.75) is 0 Å². The molecule has 1 aliphatic rings. The minimum absolute atomic E-state index is 0.0169. The van der Waals surface area contributed by atoms with Crippen molar-refractivity contribution in [3.05, 3.63) is 32.7 Å². The summed E-state index contributed by atoms with van der Waals surface area (Å²) in [6.45, 7) is 0.0676. The van der Waals surface area contributed by atoms with Gasteiger partial charge in [0.15, 0.2) is 5.75 Å². The van der Waals surface area contributed by atoms with Gasteiger partial charge in [-0.05, 0) is 29.5 Å². The van der Waals surface area contributed by atoms with Crippen LogP contribution in [0, 0.1) is 10.1 Å². The standard InChI is InChI=1S/C16H17N3O8S/c1-26-4-3-17-13(20)8-18-15(22)12(28-16(18)23)7-9-5-10(19(24)25)14(21)11(6-9)27-2/h5-7,21H,3-4,8H2,1-2H3,(H,17,20)/b12-7-. The number of ether oxygens (including phenoxy) is 2. The van der Waals surface area contributed by atoms with Crippen LogP contribution in [0.15, 0.2) is 17.0 Å². The maximum Gasteiger partial charge on any atom is 0.315 e. The minimum Gasteiger partial charge on any atom is -0.500 e. The second-order valence-corrected chi connectivity index (χ2v) is 6.45. The van der Waals surface area contributed by atoms with Crippen LogP contribution in [0.5, 0.6) is 11.5 Å². The number of rotatable bonds is 8. The molecule has 3 amide bonds. The van der Waals surface area contributed by atoms with Gasteiger partial charge in [-0.3, -0.25) is 29.4 Å². The summed E-state index contributed by atoms with van der Waals surface area (Å²) in [6.07, 6.45) is 1.25. The summed E-state index contributed by atoms with van der Waals surface area (Å²) in [7, 11) is 2.69. The summed E-state index contributed by atoms with van der Waals surface area (Å²) < 4.78 is 9.68. The lowest BCUT2D eigenvalue weighted by Gasteiger charge is -2.12. The van der Waals surface area contributed by atoms with Crippen LogP contribution in [0.2, 0.25) is 0 Å². The van der Waals surface area contributed by atoms with Gasteiger partial charge < -0.3 is 19.9 Å². The number of nitrogens with one attached hydrogen (secondary N) is 1. The number of imide groups is 1. The van der Waals surface area contributed by atoms with E-state index in [-0.39, 0.29) is 29.4 Å². The molecule has 2 rings (SSSR count). The zero-order chi connectivity index (χ0) is 20.8. The number of nitro benzene ring substituents is 1. The van der Waals surface area contributed by atoms with Crippen LogP contribution in [0.3, 0.4) is 0 Å². The van der Waals surface area contributed by atoms with Gasteiger partial charge in [0, 0.05) is 19.7 Å². The molecule has 0 saturated carbocycles. The second-order valence-electron chi connectivity index (χ2n) is 5.46. The SMILES string of the molecule is COCCNC(=O)CN1C(=O)S/C(=C\c2cc(OC)c(O)c([N+](=O)[O-])c2)C1=O. The molecular weight excluding hydrogens is 394 g/mol. The Bertz CT molecular complexity index is 855. The third-order valence-corrected chi connectivity index (χ3v) is 4.50. The summed E-state index contributed by atoms with van der Waals surface area (Å²) >= 11 is 0.600. The fourth-order valence-electron chi connectivity index (χ4n) is 2.27. The number of phenolic OH excluding ortho intramolecular Hbond substituents is 1. The highest BCUT2D eigenvalue weighted by Crippen LogP contribution is 2.39. The number of methoxy groups -OCH3 is 2. The zero-order valence-corrected chi connectivity index (χ0v) is 15.8. The van der Waals surface area contributed by atoms with Crippen molar-refractivity contribution in [3.8, 4) is 11.5 Å². The van der Waals surface area contributed by atoms with E-state index in [0.717, 1.165) is 11.0 Å². The van der Waals surface area contributed by atoms with E-state index in [1.54, 1.807) is 0 Å². The van der Waals surface area contributed by atoms with E-state index in [1.807, 2.05) is 0 Å². The molecule has 1 saturated heterocycles. The second kappa shape index (κ2) is 9.19. The Morgan fingerprint density at radius 2 is 2.11 bits per heavy atom. The summed E-state index contributed by atoms with van der Waals surface area (Å²) in [6, 6.07) is 2.33. The molecule has 12 heteroatoms. The lowest BCUT2D eigenvalue weighted by atomic mass is 10.1. The summed E-state index contributed by atoms with van der Waals surface area (Å²) in [5, 5.41) is 22.7. The quantitative estimate of drug-likeness (QED) is 0.278. The van der Waals surface area contributed by atoms with Crippen LogP contribution in [-0.4, -0.2) is 65.9 Å². The number of nitro groups is 1. The molecule has 1 aromatic carbocycles. The van der Waals surface area contributed by atoms with E-state index >= 15 is 0 Å². The molecule has 2 N–H and O–H groups in total. The molecule has 0 bridgehead atoms. The van der Waals surface area contributed by atoms with Gasteiger partial charge >= 0.3 is 5.69 Å². The van der Waals surface area contributed by atoms with Gasteiger partial charge in [-0.2, -0.15) is 0 Å². The summed E-state index contributed by atoms with van der Waals surface area (Å²) in [5.41, 5.74) is -0.432. The van der Waals surface area contributed by atoms with E-state index in [0.29, 0.717) is 11.8 Å². The van der Waals surface area contributed by atoms with Gasteiger partial charge in [-0.1, -0.05) is 0 Å². The zero-order valence-electron chi connectivity index (χ0n) is 15.0. The number of carbonyl (C=O) groups excluding carboxylic acids is 3. The van der Waals surface area contributed by atoms with Crippen LogP contribution >= 0.6 is 11.8 Å². The van der Waals surface area contributed by atoms with Crippen molar-refractivity contribution in [1.29, 1.82) is 0 Å². The number of hydrogen-bond acceptors (Lipinski definition) is 9. The maximum absolute atomic E-state index is 12.4. The van der Waals surface area contributed by atoms with Crippen molar-refractivity contribution >= 4 is 40.6 Å². The number of hydrogen-bond donors (Lipinski definition) is 2. The largest absolute Gasteiger partial charge is 0.500 e. The average Bonchev–Trinajstić information content (AvgIpc) is 2.90. The van der Waals surface area contributed by atoms with E-state index in [1.165, 1.54) is 26.4 Å². The van der Waals surface area contributed by atoms with Crippen LogP contribution in [0.1, 0.15) is 5.56 Å². The monoisotopic (exact) mass is 411 g/mol. The fourth-order valence-corrected chi connectivity index (χ4v) is 3.11. The van der Waals surface area contributed by atoms with Crippen molar-refractivity contribution < 1.29 is 33.9 Å². The Morgan fingerprint density at radius 1 is 1.39 bits per heavy atom.